The third-order valence-corrected chi connectivity index (χ3v) is 4.65. The normalized spacial score (nSPS) is 12.1. The first-order valence-electron chi connectivity index (χ1n) is 8.08. The zero-order valence-corrected chi connectivity index (χ0v) is 15.4. The highest BCUT2D eigenvalue weighted by atomic mass is 32.2. The van der Waals surface area contributed by atoms with E-state index in [1.165, 1.54) is 0 Å². The number of rotatable bonds is 6. The van der Waals surface area contributed by atoms with Crippen LogP contribution in [-0.4, -0.2) is 17.5 Å². The van der Waals surface area contributed by atoms with Gasteiger partial charge in [-0.15, -0.1) is 0 Å². The van der Waals surface area contributed by atoms with E-state index >= 15 is 0 Å². The molecule has 5 heteroatoms. The Balaban J connectivity index is 1.65. The minimum atomic E-state index is -1.41. The van der Waals surface area contributed by atoms with Gasteiger partial charge in [0.2, 0.25) is 0 Å². The first-order chi connectivity index (χ1) is 12.6. The van der Waals surface area contributed by atoms with Gasteiger partial charge in [-0.3, -0.25) is 0 Å². The summed E-state index contributed by atoms with van der Waals surface area (Å²) in [6.45, 7) is 1.99. The maximum absolute atomic E-state index is 12.2. The van der Waals surface area contributed by atoms with E-state index in [2.05, 4.69) is 4.40 Å². The number of hydrogen-bond donors (Lipinski definition) is 0. The van der Waals surface area contributed by atoms with E-state index in [9.17, 15) is 4.21 Å². The molecule has 0 aromatic heterocycles. The van der Waals surface area contributed by atoms with E-state index in [0.29, 0.717) is 16.4 Å². The summed E-state index contributed by atoms with van der Waals surface area (Å²) in [5.74, 6) is 2.14. The van der Waals surface area contributed by atoms with Crippen molar-refractivity contribution in [2.75, 3.05) is 7.11 Å². The van der Waals surface area contributed by atoms with Gasteiger partial charge in [-0.1, -0.05) is 23.8 Å². The average molecular weight is 365 g/mol. The smallest absolute Gasteiger partial charge is 0.172 e. The maximum atomic E-state index is 12.2. The molecule has 3 aromatic rings. The third kappa shape index (κ3) is 4.80. The molecule has 1 atom stereocenters. The van der Waals surface area contributed by atoms with Crippen molar-refractivity contribution in [1.29, 1.82) is 0 Å². The Kier molecular flexibility index (Phi) is 5.81. The van der Waals surface area contributed by atoms with E-state index in [4.69, 9.17) is 9.47 Å². The van der Waals surface area contributed by atoms with Crippen LogP contribution in [0.4, 0.5) is 0 Å². The van der Waals surface area contributed by atoms with E-state index in [1.807, 2.05) is 79.7 Å². The number of nitrogens with zero attached hydrogens (tertiary/aromatic N) is 1. The number of benzene rings is 3. The first kappa shape index (κ1) is 17.9. The van der Waals surface area contributed by atoms with Crippen molar-refractivity contribution in [3.63, 3.8) is 0 Å². The largest absolute Gasteiger partial charge is 0.497 e. The molecule has 0 saturated heterocycles. The fourth-order valence-electron chi connectivity index (χ4n) is 2.25. The van der Waals surface area contributed by atoms with Gasteiger partial charge in [0.15, 0.2) is 11.0 Å². The lowest BCUT2D eigenvalue weighted by molar-refractivity contribution is 0.409. The Hall–Kier alpha value is -2.92. The maximum Gasteiger partial charge on any atom is 0.172 e. The van der Waals surface area contributed by atoms with Gasteiger partial charge < -0.3 is 9.47 Å². The van der Waals surface area contributed by atoms with Crippen LogP contribution in [0.5, 0.6) is 17.2 Å². The molecule has 0 unspecified atom stereocenters. The minimum absolute atomic E-state index is 0.685. The minimum Gasteiger partial charge on any atom is -0.497 e. The van der Waals surface area contributed by atoms with Crippen molar-refractivity contribution < 1.29 is 13.7 Å². The fraction of sp³-hybridized carbons (Fsp3) is 0.0952. The van der Waals surface area contributed by atoms with Gasteiger partial charge in [-0.25, -0.2) is 4.21 Å². The predicted molar refractivity (Wildman–Crippen MR) is 105 cm³/mol. The van der Waals surface area contributed by atoms with Crippen LogP contribution >= 0.6 is 0 Å². The summed E-state index contributed by atoms with van der Waals surface area (Å²) in [5, 5.41) is 0. The quantitative estimate of drug-likeness (QED) is 0.582. The zero-order valence-electron chi connectivity index (χ0n) is 14.6. The van der Waals surface area contributed by atoms with Crippen LogP contribution in [0.15, 0.2) is 82.1 Å². The predicted octanol–water partition coefficient (Wildman–Crippen LogP) is 4.94. The molecule has 3 aromatic carbocycles. The van der Waals surface area contributed by atoms with Crippen molar-refractivity contribution in [1.82, 2.24) is 0 Å². The van der Waals surface area contributed by atoms with E-state index < -0.39 is 11.0 Å². The summed E-state index contributed by atoms with van der Waals surface area (Å²) in [4.78, 5) is 0.685. The lowest BCUT2D eigenvalue weighted by Gasteiger charge is -2.07. The van der Waals surface area contributed by atoms with Crippen LogP contribution in [0.3, 0.4) is 0 Å². The lowest BCUT2D eigenvalue weighted by atomic mass is 10.2. The summed E-state index contributed by atoms with van der Waals surface area (Å²) in [6.07, 6.45) is 1.60. The summed E-state index contributed by atoms with van der Waals surface area (Å²) >= 11 is 0. The van der Waals surface area contributed by atoms with Gasteiger partial charge in [0.1, 0.15) is 17.2 Å². The molecule has 0 aliphatic heterocycles. The van der Waals surface area contributed by atoms with Gasteiger partial charge >= 0.3 is 0 Å². The molecule has 0 spiro atoms. The monoisotopic (exact) mass is 365 g/mol. The Labute approximate surface area is 155 Å². The van der Waals surface area contributed by atoms with E-state index in [0.717, 1.165) is 16.9 Å². The molecule has 0 bridgehead atoms. The first-order valence-corrected chi connectivity index (χ1v) is 9.19. The molecule has 0 amide bonds. The number of aryl methyl sites for hydroxylation is 1. The van der Waals surface area contributed by atoms with Gasteiger partial charge in [0.05, 0.1) is 12.0 Å². The molecule has 132 valence electrons. The lowest BCUT2D eigenvalue weighted by Crippen LogP contribution is -1.90. The third-order valence-electron chi connectivity index (χ3n) is 3.68. The highest BCUT2D eigenvalue weighted by Crippen LogP contribution is 2.25. The van der Waals surface area contributed by atoms with Crippen LogP contribution in [0.25, 0.3) is 0 Å². The molecule has 0 N–H and O–H groups in total. The van der Waals surface area contributed by atoms with Gasteiger partial charge in [-0.2, -0.15) is 4.40 Å². The van der Waals surface area contributed by atoms with E-state index in [1.54, 1.807) is 13.3 Å². The highest BCUT2D eigenvalue weighted by Gasteiger charge is 2.02. The van der Waals surface area contributed by atoms with Crippen molar-refractivity contribution in [2.45, 2.75) is 11.8 Å². The van der Waals surface area contributed by atoms with Gasteiger partial charge in [-0.05, 0) is 61.0 Å². The van der Waals surface area contributed by atoms with Crippen molar-refractivity contribution in [3.05, 3.63) is 83.9 Å². The molecule has 26 heavy (non-hydrogen) atoms. The summed E-state index contributed by atoms with van der Waals surface area (Å²) < 4.78 is 27.3. The molecule has 3 rings (SSSR count). The fourth-order valence-corrected chi connectivity index (χ4v) is 2.96. The Morgan fingerprint density at radius 3 is 2.27 bits per heavy atom. The average Bonchev–Trinajstić information content (AvgIpc) is 2.68. The summed E-state index contributed by atoms with van der Waals surface area (Å²) in [7, 11) is 0.210. The van der Waals surface area contributed by atoms with Crippen molar-refractivity contribution >= 4 is 17.2 Å². The summed E-state index contributed by atoms with van der Waals surface area (Å²) in [5.41, 5.74) is 1.98. The van der Waals surface area contributed by atoms with Crippen LogP contribution in [0.1, 0.15) is 11.1 Å². The van der Waals surface area contributed by atoms with Crippen molar-refractivity contribution in [3.8, 4) is 17.2 Å². The molecular formula is C21H19NO3S. The molecule has 4 nitrogen and oxygen atoms in total. The Morgan fingerprint density at radius 2 is 1.58 bits per heavy atom. The molecule has 0 aliphatic carbocycles. The molecular weight excluding hydrogens is 346 g/mol. The molecule has 0 radical (unpaired) electrons. The molecule has 0 saturated carbocycles. The van der Waals surface area contributed by atoms with Crippen LogP contribution in [0.2, 0.25) is 0 Å². The highest BCUT2D eigenvalue weighted by molar-refractivity contribution is 7.83. The molecule has 0 fully saturated rings. The second-order valence-electron chi connectivity index (χ2n) is 5.65. The number of ether oxygens (including phenoxy) is 2. The van der Waals surface area contributed by atoms with Crippen LogP contribution < -0.4 is 9.47 Å². The van der Waals surface area contributed by atoms with E-state index in [-0.39, 0.29) is 0 Å². The number of methoxy groups -OCH3 is 1. The Bertz CT molecular complexity index is 919. The zero-order chi connectivity index (χ0) is 18.4. The second-order valence-corrected chi connectivity index (χ2v) is 6.83. The van der Waals surface area contributed by atoms with Crippen LogP contribution in [0, 0.1) is 6.92 Å². The van der Waals surface area contributed by atoms with Gasteiger partial charge in [0, 0.05) is 12.3 Å². The van der Waals surface area contributed by atoms with Gasteiger partial charge in [0.25, 0.3) is 0 Å². The Morgan fingerprint density at radius 1 is 0.885 bits per heavy atom. The topological polar surface area (TPSA) is 47.9 Å². The van der Waals surface area contributed by atoms with Crippen molar-refractivity contribution in [2.24, 2.45) is 4.40 Å². The molecule has 0 heterocycles. The second kappa shape index (κ2) is 8.45. The standard InChI is InChI=1S/C21H19NO3S/c1-16-6-12-21(13-7-16)26(23)22-15-17-8-10-18(11-9-17)25-20-5-3-4-19(14-20)24-2/h3-15H,1-2H3/t26-/m1/s1. The summed E-state index contributed by atoms with van der Waals surface area (Å²) in [6, 6.07) is 22.3. The SMILES string of the molecule is COc1cccc(Oc2ccc(C=N[S@](=O)c3ccc(C)cc3)cc2)c1. The molecule has 0 aliphatic rings. The van der Waals surface area contributed by atoms with Crippen LogP contribution in [-0.2, 0) is 11.0 Å². The number of hydrogen-bond acceptors (Lipinski definition) is 3.